The van der Waals surface area contributed by atoms with E-state index in [1.54, 1.807) is 11.4 Å². The van der Waals surface area contributed by atoms with Gasteiger partial charge in [0, 0.05) is 11.6 Å². The minimum atomic E-state index is -4.16. The van der Waals surface area contributed by atoms with Crippen molar-refractivity contribution in [2.75, 3.05) is 13.7 Å². The van der Waals surface area contributed by atoms with E-state index in [9.17, 15) is 21.2 Å². The smallest absolute Gasteiger partial charge is 0.244 e. The maximum Gasteiger partial charge on any atom is 0.244 e. The average molecular weight is 490 g/mol. The predicted molar refractivity (Wildman–Crippen MR) is 114 cm³/mol. The molecule has 6 nitrogen and oxygen atoms in total. The first-order valence-electron chi connectivity index (χ1n) is 8.51. The number of nitrogens with one attached hydrogen (secondary N) is 1. The average Bonchev–Trinajstić information content (AvgIpc) is 3.25. The number of halogens is 2. The zero-order valence-corrected chi connectivity index (χ0v) is 18.8. The summed E-state index contributed by atoms with van der Waals surface area (Å²) in [6.45, 7) is -0.468. The summed E-state index contributed by atoms with van der Waals surface area (Å²) in [5.74, 6) is -0.471. The molecule has 1 heterocycles. The summed E-state index contributed by atoms with van der Waals surface area (Å²) in [5, 5.41) is 0.518. The second-order valence-corrected chi connectivity index (χ2v) is 11.6. The molecule has 0 fully saturated rings. The van der Waals surface area contributed by atoms with Gasteiger partial charge in [-0.25, -0.2) is 25.9 Å². The molecule has 160 valence electrons. The summed E-state index contributed by atoms with van der Waals surface area (Å²) in [5.41, 5.74) is 0.255. The van der Waals surface area contributed by atoms with Crippen LogP contribution >= 0.6 is 22.9 Å². The number of hydrogen-bond donors (Lipinski definition) is 1. The van der Waals surface area contributed by atoms with Crippen LogP contribution in [0.1, 0.15) is 10.8 Å². The molecular formula is C19H17ClFNO5S3. The standard InChI is InChI=1S/C19H17ClFNO5S3/c1-27-16-9-6-14(20)11-17(16)30(25,26)22-12-18(13-4-7-15(21)8-5-13)29(23,24)19-3-2-10-28-19/h2-11,18,22H,12H2,1H3/t18-/m0/s1. The Morgan fingerprint density at radius 2 is 1.80 bits per heavy atom. The molecule has 1 aromatic heterocycles. The number of rotatable bonds is 8. The molecule has 1 N–H and O–H groups in total. The lowest BCUT2D eigenvalue weighted by Crippen LogP contribution is -2.32. The summed E-state index contributed by atoms with van der Waals surface area (Å²) < 4.78 is 72.9. The Hall–Kier alpha value is -1.98. The molecule has 0 aliphatic rings. The topological polar surface area (TPSA) is 89.5 Å². The quantitative estimate of drug-likeness (QED) is 0.515. The minimum absolute atomic E-state index is 0.0614. The molecule has 0 bridgehead atoms. The molecule has 3 aromatic rings. The van der Waals surface area contributed by atoms with Gasteiger partial charge in [0.2, 0.25) is 10.0 Å². The molecule has 11 heteroatoms. The largest absolute Gasteiger partial charge is 0.495 e. The van der Waals surface area contributed by atoms with Gasteiger partial charge in [-0.1, -0.05) is 29.8 Å². The molecule has 0 amide bonds. The molecule has 1 atom stereocenters. The number of ether oxygens (including phenoxy) is 1. The first-order valence-corrected chi connectivity index (χ1v) is 12.8. The van der Waals surface area contributed by atoms with Gasteiger partial charge in [-0.3, -0.25) is 0 Å². The van der Waals surface area contributed by atoms with Crippen LogP contribution in [0, 0.1) is 5.82 Å². The molecule has 0 spiro atoms. The third kappa shape index (κ3) is 4.84. The van der Waals surface area contributed by atoms with E-state index in [1.165, 1.54) is 43.5 Å². The summed E-state index contributed by atoms with van der Waals surface area (Å²) in [7, 11) is -6.79. The third-order valence-electron chi connectivity index (χ3n) is 4.27. The van der Waals surface area contributed by atoms with Gasteiger partial charge in [0.25, 0.3) is 0 Å². The van der Waals surface area contributed by atoms with Crippen molar-refractivity contribution in [1.82, 2.24) is 4.72 Å². The zero-order chi connectivity index (χ0) is 21.9. The van der Waals surface area contributed by atoms with Crippen molar-refractivity contribution in [1.29, 1.82) is 0 Å². The number of thiophene rings is 1. The number of sulfonamides is 1. The molecule has 0 aliphatic heterocycles. The van der Waals surface area contributed by atoms with Crippen molar-refractivity contribution >= 4 is 42.8 Å². The molecule has 0 saturated heterocycles. The van der Waals surface area contributed by atoms with Crippen LogP contribution in [0.15, 0.2) is 69.1 Å². The summed E-state index contributed by atoms with van der Waals surface area (Å²) >= 11 is 6.93. The van der Waals surface area contributed by atoms with Crippen molar-refractivity contribution in [3.05, 3.63) is 76.4 Å². The number of benzene rings is 2. The van der Waals surface area contributed by atoms with Crippen LogP contribution in [0.3, 0.4) is 0 Å². The SMILES string of the molecule is COc1ccc(Cl)cc1S(=O)(=O)NC[C@@H](c1ccc(F)cc1)S(=O)(=O)c1cccs1. The maximum absolute atomic E-state index is 13.4. The van der Waals surface area contributed by atoms with Crippen LogP contribution in [-0.4, -0.2) is 30.5 Å². The van der Waals surface area contributed by atoms with E-state index in [0.29, 0.717) is 0 Å². The summed E-state index contributed by atoms with van der Waals surface area (Å²) in [6.07, 6.45) is 0. The number of sulfone groups is 1. The Balaban J connectivity index is 1.98. The van der Waals surface area contributed by atoms with E-state index in [0.717, 1.165) is 23.5 Å². The Kier molecular flexibility index (Phi) is 6.83. The summed E-state index contributed by atoms with van der Waals surface area (Å²) in [4.78, 5) is -0.219. The molecule has 3 rings (SSSR count). The van der Waals surface area contributed by atoms with Crippen molar-refractivity contribution in [2.45, 2.75) is 14.4 Å². The normalized spacial score (nSPS) is 13.2. The summed E-state index contributed by atoms with van der Waals surface area (Å²) in [6, 6.07) is 12.0. The first-order chi connectivity index (χ1) is 14.1. The van der Waals surface area contributed by atoms with Crippen molar-refractivity contribution in [3.63, 3.8) is 0 Å². The van der Waals surface area contributed by atoms with Crippen LogP contribution in [0.5, 0.6) is 5.75 Å². The monoisotopic (exact) mass is 489 g/mol. The van der Waals surface area contributed by atoms with Crippen LogP contribution in [0.25, 0.3) is 0 Å². The third-order valence-corrected chi connectivity index (χ3v) is 9.48. The molecule has 2 aromatic carbocycles. The van der Waals surface area contributed by atoms with Crippen LogP contribution in [0.4, 0.5) is 4.39 Å². The fourth-order valence-electron chi connectivity index (χ4n) is 2.77. The van der Waals surface area contributed by atoms with Crippen LogP contribution in [-0.2, 0) is 19.9 Å². The first kappa shape index (κ1) is 22.7. The maximum atomic E-state index is 13.4. The van der Waals surface area contributed by atoms with E-state index in [-0.39, 0.29) is 25.4 Å². The van der Waals surface area contributed by atoms with E-state index in [4.69, 9.17) is 16.3 Å². The van der Waals surface area contributed by atoms with Gasteiger partial charge in [-0.05, 0) is 47.3 Å². The molecule has 0 radical (unpaired) electrons. The highest BCUT2D eigenvalue weighted by atomic mass is 35.5. The fourth-order valence-corrected chi connectivity index (χ4v) is 7.22. The van der Waals surface area contributed by atoms with Gasteiger partial charge in [-0.15, -0.1) is 11.3 Å². The number of hydrogen-bond acceptors (Lipinski definition) is 6. The Morgan fingerprint density at radius 1 is 1.10 bits per heavy atom. The Labute approximate surface area is 183 Å². The van der Waals surface area contributed by atoms with Gasteiger partial charge >= 0.3 is 0 Å². The van der Waals surface area contributed by atoms with E-state index in [2.05, 4.69) is 4.72 Å². The molecule has 0 aliphatic carbocycles. The van der Waals surface area contributed by atoms with Crippen LogP contribution in [0.2, 0.25) is 5.02 Å². The van der Waals surface area contributed by atoms with Gasteiger partial charge in [0.05, 0.1) is 7.11 Å². The highest BCUT2D eigenvalue weighted by molar-refractivity contribution is 7.93. The van der Waals surface area contributed by atoms with Crippen molar-refractivity contribution in [3.8, 4) is 5.75 Å². The lowest BCUT2D eigenvalue weighted by Gasteiger charge is -2.19. The van der Waals surface area contributed by atoms with E-state index in [1.807, 2.05) is 0 Å². The highest BCUT2D eigenvalue weighted by Crippen LogP contribution is 2.32. The highest BCUT2D eigenvalue weighted by Gasteiger charge is 2.32. The predicted octanol–water partition coefficient (Wildman–Crippen LogP) is 4.04. The lowest BCUT2D eigenvalue weighted by molar-refractivity contribution is 0.402. The van der Waals surface area contributed by atoms with E-state index >= 15 is 0 Å². The van der Waals surface area contributed by atoms with Crippen molar-refractivity contribution < 1.29 is 26.0 Å². The van der Waals surface area contributed by atoms with E-state index < -0.39 is 37.5 Å². The van der Waals surface area contributed by atoms with Crippen LogP contribution < -0.4 is 9.46 Å². The van der Waals surface area contributed by atoms with Gasteiger partial charge in [0.1, 0.15) is 25.9 Å². The van der Waals surface area contributed by atoms with Gasteiger partial charge < -0.3 is 4.74 Å². The second kappa shape index (κ2) is 9.03. The molecular weight excluding hydrogens is 473 g/mol. The fraction of sp³-hybridized carbons (Fsp3) is 0.158. The lowest BCUT2D eigenvalue weighted by atomic mass is 10.1. The van der Waals surface area contributed by atoms with Gasteiger partial charge in [-0.2, -0.15) is 0 Å². The Bertz CT molecular complexity index is 1230. The molecule has 30 heavy (non-hydrogen) atoms. The molecule has 0 unspecified atom stereocenters. The van der Waals surface area contributed by atoms with Crippen molar-refractivity contribution in [2.24, 2.45) is 0 Å². The minimum Gasteiger partial charge on any atom is -0.495 e. The molecule has 0 saturated carbocycles. The van der Waals surface area contributed by atoms with Gasteiger partial charge in [0.15, 0.2) is 9.84 Å². The Morgan fingerprint density at radius 3 is 2.40 bits per heavy atom. The number of methoxy groups -OCH3 is 1. The zero-order valence-electron chi connectivity index (χ0n) is 15.6. The second-order valence-electron chi connectivity index (χ2n) is 6.16.